The molecule has 33 heavy (non-hydrogen) atoms. The summed E-state index contributed by atoms with van der Waals surface area (Å²) >= 11 is 0. The van der Waals surface area contributed by atoms with Crippen molar-refractivity contribution in [1.82, 2.24) is 4.90 Å². The van der Waals surface area contributed by atoms with E-state index in [0.29, 0.717) is 6.42 Å². The summed E-state index contributed by atoms with van der Waals surface area (Å²) in [6.45, 7) is 7.91. The Hall–Kier alpha value is -2.04. The summed E-state index contributed by atoms with van der Waals surface area (Å²) in [5.41, 5.74) is 0.196. The molecular formula is C28H47NO4. The normalized spacial score (nSPS) is 12.5. The van der Waals surface area contributed by atoms with Gasteiger partial charge in [-0.1, -0.05) is 89.7 Å². The van der Waals surface area contributed by atoms with Crippen molar-refractivity contribution in [3.8, 4) is 5.75 Å². The summed E-state index contributed by atoms with van der Waals surface area (Å²) in [6.07, 6.45) is 15.4. The number of carboxylic acid groups (broad SMARTS) is 1. The third kappa shape index (κ3) is 12.1. The molecule has 0 aliphatic heterocycles. The molecule has 0 aliphatic rings. The van der Waals surface area contributed by atoms with Crippen LogP contribution >= 0.6 is 0 Å². The highest BCUT2D eigenvalue weighted by atomic mass is 16.4. The van der Waals surface area contributed by atoms with Crippen LogP contribution < -0.4 is 0 Å². The lowest BCUT2D eigenvalue weighted by Gasteiger charge is -2.40. The number of phenolic OH excluding ortho intramolecular Hbond substituents is 1. The van der Waals surface area contributed by atoms with Crippen LogP contribution in [-0.4, -0.2) is 38.6 Å². The topological polar surface area (TPSA) is 77.8 Å². The number of carbonyl (C=O) groups is 2. The minimum absolute atomic E-state index is 0.0965. The van der Waals surface area contributed by atoms with Crippen molar-refractivity contribution in [3.63, 3.8) is 0 Å². The fourth-order valence-corrected chi connectivity index (χ4v) is 4.40. The van der Waals surface area contributed by atoms with Gasteiger partial charge in [0.1, 0.15) is 11.8 Å². The maximum atomic E-state index is 13.1. The Labute approximate surface area is 201 Å². The summed E-state index contributed by atoms with van der Waals surface area (Å²) in [4.78, 5) is 26.7. The van der Waals surface area contributed by atoms with Crippen molar-refractivity contribution in [3.05, 3.63) is 29.8 Å². The van der Waals surface area contributed by atoms with Crippen molar-refractivity contribution >= 4 is 11.9 Å². The zero-order valence-corrected chi connectivity index (χ0v) is 21.4. The van der Waals surface area contributed by atoms with Crippen molar-refractivity contribution in [2.75, 3.05) is 0 Å². The maximum absolute atomic E-state index is 13.1. The van der Waals surface area contributed by atoms with Crippen molar-refractivity contribution < 1.29 is 19.8 Å². The standard InChI is InChI=1S/C28H47NO4/c1-5-6-7-8-9-10-11-12-13-14-15-16-17-26(31)29(28(2,3)4)25(27(32)33)22-23-18-20-24(30)21-19-23/h18-21,25,30H,5-17,22H2,1-4H3,(H,32,33)/t25-/m0/s1. The van der Waals surface area contributed by atoms with Gasteiger partial charge in [-0.15, -0.1) is 0 Å². The van der Waals surface area contributed by atoms with Crippen LogP contribution in [0.1, 0.15) is 117 Å². The van der Waals surface area contributed by atoms with E-state index in [4.69, 9.17) is 0 Å². The molecule has 188 valence electrons. The Kier molecular flexibility index (Phi) is 13.8. The Morgan fingerprint density at radius 1 is 0.818 bits per heavy atom. The van der Waals surface area contributed by atoms with Crippen LogP contribution in [0.5, 0.6) is 5.75 Å². The van der Waals surface area contributed by atoms with Gasteiger partial charge in [0.05, 0.1) is 0 Å². The van der Waals surface area contributed by atoms with Crippen LogP contribution in [0.2, 0.25) is 0 Å². The highest BCUT2D eigenvalue weighted by Gasteiger charge is 2.36. The quantitative estimate of drug-likeness (QED) is 0.242. The van der Waals surface area contributed by atoms with Gasteiger partial charge in [-0.2, -0.15) is 0 Å². The molecule has 0 aliphatic carbocycles. The molecule has 0 bridgehead atoms. The Bertz CT molecular complexity index is 678. The smallest absolute Gasteiger partial charge is 0.326 e. The van der Waals surface area contributed by atoms with Crippen LogP contribution in [0.3, 0.4) is 0 Å². The molecule has 2 N–H and O–H groups in total. The number of aliphatic carboxylic acids is 1. The summed E-state index contributed by atoms with van der Waals surface area (Å²) < 4.78 is 0. The van der Waals surface area contributed by atoms with Gasteiger partial charge in [0, 0.05) is 18.4 Å². The van der Waals surface area contributed by atoms with E-state index in [1.54, 1.807) is 29.2 Å². The summed E-state index contributed by atoms with van der Waals surface area (Å²) in [7, 11) is 0. The minimum Gasteiger partial charge on any atom is -0.508 e. The lowest BCUT2D eigenvalue weighted by Crippen LogP contribution is -2.55. The first-order chi connectivity index (χ1) is 15.7. The molecule has 5 nitrogen and oxygen atoms in total. The van der Waals surface area contributed by atoms with E-state index in [-0.39, 0.29) is 18.1 Å². The Morgan fingerprint density at radius 3 is 1.70 bits per heavy atom. The summed E-state index contributed by atoms with van der Waals surface area (Å²) in [5, 5.41) is 19.4. The SMILES string of the molecule is CCCCCCCCCCCCCCC(=O)N([C@@H](Cc1ccc(O)cc1)C(=O)O)C(C)(C)C. The first kappa shape index (κ1) is 29.0. The molecule has 1 aromatic carbocycles. The van der Waals surface area contributed by atoms with Crippen LogP contribution in [0.4, 0.5) is 0 Å². The van der Waals surface area contributed by atoms with E-state index in [1.807, 2.05) is 20.8 Å². The molecule has 1 amide bonds. The average molecular weight is 462 g/mol. The van der Waals surface area contributed by atoms with Crippen molar-refractivity contribution in [1.29, 1.82) is 0 Å². The second-order valence-corrected chi connectivity index (χ2v) is 10.3. The number of rotatable bonds is 17. The van der Waals surface area contributed by atoms with Gasteiger partial charge in [-0.3, -0.25) is 4.79 Å². The number of carbonyl (C=O) groups excluding carboxylic acids is 1. The maximum Gasteiger partial charge on any atom is 0.326 e. The van der Waals surface area contributed by atoms with E-state index in [2.05, 4.69) is 6.92 Å². The van der Waals surface area contributed by atoms with Crippen LogP contribution in [0, 0.1) is 0 Å². The molecule has 0 fully saturated rings. The number of aromatic hydroxyl groups is 1. The second kappa shape index (κ2) is 15.7. The Morgan fingerprint density at radius 2 is 1.27 bits per heavy atom. The molecule has 0 heterocycles. The van der Waals surface area contributed by atoms with Crippen LogP contribution in [-0.2, 0) is 16.0 Å². The predicted octanol–water partition coefficient (Wildman–Crippen LogP) is 7.11. The third-order valence-corrected chi connectivity index (χ3v) is 6.20. The number of amides is 1. The summed E-state index contributed by atoms with van der Waals surface area (Å²) in [5.74, 6) is -0.955. The van der Waals surface area contributed by atoms with Gasteiger partial charge in [-0.05, 0) is 44.9 Å². The highest BCUT2D eigenvalue weighted by molar-refractivity contribution is 5.84. The molecule has 1 rings (SSSR count). The fraction of sp³-hybridized carbons (Fsp3) is 0.714. The first-order valence-corrected chi connectivity index (χ1v) is 13.0. The zero-order valence-electron chi connectivity index (χ0n) is 21.4. The molecule has 0 unspecified atom stereocenters. The van der Waals surface area contributed by atoms with Crippen LogP contribution in [0.25, 0.3) is 0 Å². The van der Waals surface area contributed by atoms with Crippen molar-refractivity contribution in [2.45, 2.75) is 129 Å². The van der Waals surface area contributed by atoms with E-state index in [0.717, 1.165) is 24.8 Å². The highest BCUT2D eigenvalue weighted by Crippen LogP contribution is 2.24. The average Bonchev–Trinajstić information content (AvgIpc) is 2.74. The number of benzene rings is 1. The molecule has 1 atom stereocenters. The number of hydrogen-bond acceptors (Lipinski definition) is 3. The van der Waals surface area contributed by atoms with Gasteiger partial charge < -0.3 is 15.1 Å². The zero-order chi connectivity index (χ0) is 24.7. The van der Waals surface area contributed by atoms with Crippen LogP contribution in [0.15, 0.2) is 24.3 Å². The second-order valence-electron chi connectivity index (χ2n) is 10.3. The number of carboxylic acids is 1. The number of unbranched alkanes of at least 4 members (excludes halogenated alkanes) is 11. The van der Waals surface area contributed by atoms with Gasteiger partial charge >= 0.3 is 5.97 Å². The predicted molar refractivity (Wildman–Crippen MR) is 136 cm³/mol. The lowest BCUT2D eigenvalue weighted by atomic mass is 9.96. The molecule has 0 saturated heterocycles. The van der Waals surface area contributed by atoms with Crippen molar-refractivity contribution in [2.24, 2.45) is 0 Å². The number of phenols is 1. The molecule has 0 aromatic heterocycles. The van der Waals surface area contributed by atoms with E-state index < -0.39 is 17.6 Å². The van der Waals surface area contributed by atoms with E-state index >= 15 is 0 Å². The van der Waals surface area contributed by atoms with E-state index in [9.17, 15) is 19.8 Å². The Balaban J connectivity index is 2.44. The monoisotopic (exact) mass is 461 g/mol. The first-order valence-electron chi connectivity index (χ1n) is 13.0. The summed E-state index contributed by atoms with van der Waals surface area (Å²) in [6, 6.07) is 5.58. The molecule has 1 aromatic rings. The molecular weight excluding hydrogens is 414 g/mol. The van der Waals surface area contributed by atoms with Gasteiger partial charge in [0.25, 0.3) is 0 Å². The molecule has 0 saturated carbocycles. The molecule has 5 heteroatoms. The van der Waals surface area contributed by atoms with Gasteiger partial charge in [0.2, 0.25) is 5.91 Å². The molecule has 0 spiro atoms. The largest absolute Gasteiger partial charge is 0.508 e. The van der Waals surface area contributed by atoms with E-state index in [1.165, 1.54) is 57.8 Å². The van der Waals surface area contributed by atoms with Gasteiger partial charge in [0.15, 0.2) is 0 Å². The lowest BCUT2D eigenvalue weighted by molar-refractivity contribution is -0.155. The fourth-order valence-electron chi connectivity index (χ4n) is 4.40. The minimum atomic E-state index is -0.999. The third-order valence-electron chi connectivity index (χ3n) is 6.20. The number of hydrogen-bond donors (Lipinski definition) is 2. The van der Waals surface area contributed by atoms with Gasteiger partial charge in [-0.25, -0.2) is 4.79 Å². The molecule has 0 radical (unpaired) electrons. The number of nitrogens with zero attached hydrogens (tertiary/aromatic N) is 1.